The molecule has 0 saturated carbocycles. The zero-order valence-electron chi connectivity index (χ0n) is 37.1. The summed E-state index contributed by atoms with van der Waals surface area (Å²) in [6.07, 6.45) is 57.9. The molecule has 0 fully saturated rings. The molecule has 0 spiro atoms. The van der Waals surface area contributed by atoms with E-state index >= 15 is 0 Å². The van der Waals surface area contributed by atoms with Crippen LogP contribution in [0.4, 0.5) is 0 Å². The molecule has 5 heteroatoms. The molecule has 0 bridgehead atoms. The highest BCUT2D eigenvalue weighted by molar-refractivity contribution is 5.70. The molecule has 56 heavy (non-hydrogen) atoms. The Morgan fingerprint density at radius 1 is 0.411 bits per heavy atom. The Morgan fingerprint density at radius 3 is 1.32 bits per heavy atom. The van der Waals surface area contributed by atoms with Gasteiger partial charge < -0.3 is 14.2 Å². The van der Waals surface area contributed by atoms with Gasteiger partial charge in [-0.2, -0.15) is 0 Å². The maximum atomic E-state index is 12.7. The normalized spacial score (nSPS) is 12.7. The number of ether oxygens (including phenoxy) is 3. The first-order chi connectivity index (χ1) is 27.6. The van der Waals surface area contributed by atoms with E-state index < -0.39 is 6.10 Å². The van der Waals surface area contributed by atoms with Gasteiger partial charge in [-0.05, 0) is 83.5 Å². The fourth-order valence-corrected chi connectivity index (χ4v) is 6.49. The topological polar surface area (TPSA) is 61.8 Å². The van der Waals surface area contributed by atoms with Gasteiger partial charge in [-0.15, -0.1) is 0 Å². The molecular weight excluding hydrogens is 693 g/mol. The summed E-state index contributed by atoms with van der Waals surface area (Å²) in [4.78, 5) is 25.3. The quantitative estimate of drug-likeness (QED) is 0.0350. The maximum Gasteiger partial charge on any atom is 0.306 e. The number of carbonyl (C=O) groups excluding carboxylic acids is 2. The van der Waals surface area contributed by atoms with Crippen LogP contribution < -0.4 is 0 Å². The highest BCUT2D eigenvalue weighted by atomic mass is 16.6. The lowest BCUT2D eigenvalue weighted by Crippen LogP contribution is -2.30. The molecule has 0 aliphatic rings. The summed E-state index contributed by atoms with van der Waals surface area (Å²) in [6, 6.07) is 0. The molecule has 0 heterocycles. The third-order valence-electron chi connectivity index (χ3n) is 10.0. The van der Waals surface area contributed by atoms with Crippen LogP contribution in [0, 0.1) is 0 Å². The Labute approximate surface area is 347 Å². The molecule has 0 N–H and O–H groups in total. The summed E-state index contributed by atoms with van der Waals surface area (Å²) in [5.74, 6) is -0.424. The molecule has 0 aromatic heterocycles. The molecule has 1 atom stereocenters. The first kappa shape index (κ1) is 53.6. The molecule has 0 aliphatic heterocycles. The van der Waals surface area contributed by atoms with Crippen LogP contribution in [0.1, 0.15) is 226 Å². The van der Waals surface area contributed by atoms with Crippen LogP contribution in [0.5, 0.6) is 0 Å². The van der Waals surface area contributed by atoms with Crippen molar-refractivity contribution in [2.45, 2.75) is 232 Å². The SMILES string of the molecule is CC/C=C\C/C=C\C/C=C\CCCCCCCC(=O)OC(COCCCCCCCCCC)COC(=O)CCCCCCCCC/C=C\C/C=C\CCCCC. The van der Waals surface area contributed by atoms with E-state index in [1.807, 2.05) is 0 Å². The van der Waals surface area contributed by atoms with E-state index in [0.29, 0.717) is 19.4 Å². The Balaban J connectivity index is 4.21. The lowest BCUT2D eigenvalue weighted by molar-refractivity contribution is -0.163. The van der Waals surface area contributed by atoms with E-state index in [1.165, 1.54) is 109 Å². The average molecular weight is 783 g/mol. The molecule has 0 aromatic carbocycles. The summed E-state index contributed by atoms with van der Waals surface area (Å²) >= 11 is 0. The molecule has 0 radical (unpaired) electrons. The molecule has 0 aliphatic carbocycles. The summed E-state index contributed by atoms with van der Waals surface area (Å²) in [5.41, 5.74) is 0. The van der Waals surface area contributed by atoms with Gasteiger partial charge >= 0.3 is 11.9 Å². The van der Waals surface area contributed by atoms with Gasteiger partial charge in [0.2, 0.25) is 0 Å². The Bertz CT molecular complexity index is 977. The van der Waals surface area contributed by atoms with Crippen molar-refractivity contribution in [1.82, 2.24) is 0 Å². The number of hydrogen-bond donors (Lipinski definition) is 0. The van der Waals surface area contributed by atoms with Crippen molar-refractivity contribution in [1.29, 1.82) is 0 Å². The average Bonchev–Trinajstić information content (AvgIpc) is 3.20. The zero-order chi connectivity index (χ0) is 40.7. The van der Waals surface area contributed by atoms with Crippen molar-refractivity contribution in [2.24, 2.45) is 0 Å². The van der Waals surface area contributed by atoms with Crippen LogP contribution in [0.15, 0.2) is 60.8 Å². The van der Waals surface area contributed by atoms with Crippen molar-refractivity contribution in [3.8, 4) is 0 Å². The first-order valence-electron chi connectivity index (χ1n) is 23.8. The second kappa shape index (κ2) is 47.0. The van der Waals surface area contributed by atoms with E-state index in [-0.39, 0.29) is 25.2 Å². The van der Waals surface area contributed by atoms with Gasteiger partial charge in [0.1, 0.15) is 6.61 Å². The molecule has 1 unspecified atom stereocenters. The van der Waals surface area contributed by atoms with Gasteiger partial charge in [0, 0.05) is 19.4 Å². The van der Waals surface area contributed by atoms with Crippen LogP contribution in [0.2, 0.25) is 0 Å². The van der Waals surface area contributed by atoms with Gasteiger partial charge in [0.25, 0.3) is 0 Å². The number of hydrogen-bond acceptors (Lipinski definition) is 5. The predicted molar refractivity (Wildman–Crippen MR) is 242 cm³/mol. The molecule has 324 valence electrons. The van der Waals surface area contributed by atoms with Crippen LogP contribution in [0.3, 0.4) is 0 Å². The van der Waals surface area contributed by atoms with Crippen LogP contribution in [-0.4, -0.2) is 37.9 Å². The molecular formula is C51H90O5. The van der Waals surface area contributed by atoms with E-state index in [2.05, 4.69) is 81.5 Å². The minimum absolute atomic E-state index is 0.0743. The predicted octanol–water partition coefficient (Wildman–Crippen LogP) is 15.8. The Morgan fingerprint density at radius 2 is 0.804 bits per heavy atom. The van der Waals surface area contributed by atoms with Gasteiger partial charge in [-0.25, -0.2) is 0 Å². The monoisotopic (exact) mass is 783 g/mol. The van der Waals surface area contributed by atoms with Gasteiger partial charge in [-0.3, -0.25) is 9.59 Å². The minimum atomic E-state index is -0.545. The third kappa shape index (κ3) is 44.3. The van der Waals surface area contributed by atoms with Crippen molar-refractivity contribution < 1.29 is 23.8 Å². The number of allylic oxidation sites excluding steroid dienone is 10. The van der Waals surface area contributed by atoms with Crippen molar-refractivity contribution in [3.63, 3.8) is 0 Å². The highest BCUT2D eigenvalue weighted by Crippen LogP contribution is 2.13. The smallest absolute Gasteiger partial charge is 0.306 e. The van der Waals surface area contributed by atoms with E-state index in [0.717, 1.165) is 83.5 Å². The fraction of sp³-hybridized carbons (Fsp3) is 0.765. The lowest BCUT2D eigenvalue weighted by Gasteiger charge is -2.18. The molecule has 0 rings (SSSR count). The van der Waals surface area contributed by atoms with Crippen molar-refractivity contribution in [2.75, 3.05) is 19.8 Å². The Kier molecular flexibility index (Phi) is 45.0. The third-order valence-corrected chi connectivity index (χ3v) is 10.0. The standard InChI is InChI=1S/C51H90O5/c1-4-7-10-13-16-19-21-23-25-26-28-29-31-33-35-38-41-44-50(52)55-48-49(47-54-46-43-40-37-18-15-12-9-6-3)56-51(53)45-42-39-36-34-32-30-27-24-22-20-17-14-11-8-5-2/h8,11,16-17,19-20,23-25,27,49H,4-7,9-10,12-15,18,21-22,26,28-48H2,1-3H3/b11-8-,19-16-,20-17-,25-23-,27-24-. The maximum absolute atomic E-state index is 12.7. The lowest BCUT2D eigenvalue weighted by atomic mass is 10.1. The first-order valence-corrected chi connectivity index (χ1v) is 23.8. The minimum Gasteiger partial charge on any atom is -0.462 e. The van der Waals surface area contributed by atoms with Crippen LogP contribution in [0.25, 0.3) is 0 Å². The zero-order valence-corrected chi connectivity index (χ0v) is 37.1. The van der Waals surface area contributed by atoms with Crippen molar-refractivity contribution in [3.05, 3.63) is 60.8 Å². The van der Waals surface area contributed by atoms with E-state index in [1.54, 1.807) is 0 Å². The number of rotatable bonds is 43. The number of esters is 2. The second-order valence-electron chi connectivity index (χ2n) is 15.6. The number of unbranched alkanes of at least 4 members (excludes halogenated alkanes) is 22. The summed E-state index contributed by atoms with van der Waals surface area (Å²) in [7, 11) is 0. The highest BCUT2D eigenvalue weighted by Gasteiger charge is 2.17. The van der Waals surface area contributed by atoms with Crippen molar-refractivity contribution >= 4 is 11.9 Å². The summed E-state index contributed by atoms with van der Waals surface area (Å²) in [6.45, 7) is 7.66. The van der Waals surface area contributed by atoms with E-state index in [9.17, 15) is 9.59 Å². The molecule has 0 saturated heterocycles. The largest absolute Gasteiger partial charge is 0.462 e. The number of carbonyl (C=O) groups is 2. The van der Waals surface area contributed by atoms with Gasteiger partial charge in [0.15, 0.2) is 6.10 Å². The Hall–Kier alpha value is -2.40. The van der Waals surface area contributed by atoms with Crippen LogP contribution in [-0.2, 0) is 23.8 Å². The van der Waals surface area contributed by atoms with Crippen LogP contribution >= 0.6 is 0 Å². The molecule has 5 nitrogen and oxygen atoms in total. The molecule has 0 aromatic rings. The summed E-state index contributed by atoms with van der Waals surface area (Å²) < 4.78 is 17.3. The second-order valence-corrected chi connectivity index (χ2v) is 15.6. The van der Waals surface area contributed by atoms with Gasteiger partial charge in [0.05, 0.1) is 6.61 Å². The fourth-order valence-electron chi connectivity index (χ4n) is 6.49. The summed E-state index contributed by atoms with van der Waals surface area (Å²) in [5, 5.41) is 0. The molecule has 0 amide bonds. The van der Waals surface area contributed by atoms with Gasteiger partial charge in [-0.1, -0.05) is 191 Å². The van der Waals surface area contributed by atoms with E-state index in [4.69, 9.17) is 14.2 Å².